The largest absolute Gasteiger partial charge is 0.336 e. The Bertz CT molecular complexity index is 842. The van der Waals surface area contributed by atoms with Gasteiger partial charge in [-0.15, -0.1) is 11.3 Å². The maximum atomic E-state index is 12.5. The Morgan fingerprint density at radius 1 is 1.43 bits per heavy atom. The quantitative estimate of drug-likeness (QED) is 0.726. The Labute approximate surface area is 143 Å². The van der Waals surface area contributed by atoms with Crippen molar-refractivity contribution >= 4 is 28.8 Å². The molecule has 0 fully saturated rings. The second-order valence-electron chi connectivity index (χ2n) is 5.23. The number of amides is 1. The van der Waals surface area contributed by atoms with E-state index in [0.29, 0.717) is 17.3 Å². The Kier molecular flexibility index (Phi) is 4.45. The van der Waals surface area contributed by atoms with Crippen LogP contribution in [-0.2, 0) is 13.6 Å². The fraction of sp³-hybridized carbons (Fsp3) is 0.188. The molecule has 0 aliphatic heterocycles. The highest BCUT2D eigenvalue weighted by molar-refractivity contribution is 7.13. The minimum absolute atomic E-state index is 0.113. The van der Waals surface area contributed by atoms with Crippen molar-refractivity contribution in [2.75, 3.05) is 7.05 Å². The zero-order chi connectivity index (χ0) is 16.4. The number of aromatic nitrogens is 3. The molecule has 5 nitrogen and oxygen atoms in total. The van der Waals surface area contributed by atoms with Crippen molar-refractivity contribution in [1.29, 1.82) is 0 Å². The number of thiazole rings is 1. The van der Waals surface area contributed by atoms with E-state index in [1.165, 1.54) is 11.3 Å². The summed E-state index contributed by atoms with van der Waals surface area (Å²) in [6.45, 7) is 0.497. The summed E-state index contributed by atoms with van der Waals surface area (Å²) in [5, 5.41) is 7.32. The molecule has 2 aromatic heterocycles. The van der Waals surface area contributed by atoms with Crippen LogP contribution < -0.4 is 0 Å². The summed E-state index contributed by atoms with van der Waals surface area (Å²) in [4.78, 5) is 18.6. The van der Waals surface area contributed by atoms with Crippen LogP contribution in [0.4, 0.5) is 0 Å². The van der Waals surface area contributed by atoms with Crippen LogP contribution in [0.3, 0.4) is 0 Å². The molecule has 0 saturated heterocycles. The minimum Gasteiger partial charge on any atom is -0.336 e. The summed E-state index contributed by atoms with van der Waals surface area (Å²) >= 11 is 7.43. The van der Waals surface area contributed by atoms with E-state index in [2.05, 4.69) is 10.1 Å². The van der Waals surface area contributed by atoms with E-state index in [0.717, 1.165) is 16.1 Å². The summed E-state index contributed by atoms with van der Waals surface area (Å²) in [6, 6.07) is 7.45. The Hall–Kier alpha value is -2.18. The zero-order valence-electron chi connectivity index (χ0n) is 12.7. The predicted molar refractivity (Wildman–Crippen MR) is 91.6 cm³/mol. The van der Waals surface area contributed by atoms with Crippen LogP contribution >= 0.6 is 22.9 Å². The number of rotatable bonds is 4. The molecule has 0 spiro atoms. The van der Waals surface area contributed by atoms with E-state index in [4.69, 9.17) is 11.6 Å². The molecule has 0 unspecified atom stereocenters. The molecule has 1 aromatic carbocycles. The van der Waals surface area contributed by atoms with Gasteiger partial charge in [-0.25, -0.2) is 4.98 Å². The van der Waals surface area contributed by atoms with Crippen LogP contribution in [0.15, 0.2) is 42.0 Å². The van der Waals surface area contributed by atoms with Crippen molar-refractivity contribution in [2.45, 2.75) is 6.54 Å². The SMILES string of the molecule is CN(Cc1cnn(C)c1)C(=O)c1csc(-c2cccc(Cl)c2)n1. The van der Waals surface area contributed by atoms with Gasteiger partial charge in [-0.2, -0.15) is 5.10 Å². The molecule has 0 aliphatic carbocycles. The highest BCUT2D eigenvalue weighted by Gasteiger charge is 2.17. The van der Waals surface area contributed by atoms with Gasteiger partial charge in [0.25, 0.3) is 5.91 Å². The van der Waals surface area contributed by atoms with Gasteiger partial charge < -0.3 is 4.90 Å². The van der Waals surface area contributed by atoms with Gasteiger partial charge in [-0.3, -0.25) is 9.48 Å². The molecule has 3 aromatic rings. The molecule has 0 aliphatic rings. The van der Waals surface area contributed by atoms with Crippen LogP contribution in [-0.4, -0.2) is 32.6 Å². The third kappa shape index (κ3) is 3.60. The monoisotopic (exact) mass is 346 g/mol. The lowest BCUT2D eigenvalue weighted by Gasteiger charge is -2.14. The van der Waals surface area contributed by atoms with Crippen LogP contribution in [0.25, 0.3) is 10.6 Å². The third-order valence-electron chi connectivity index (χ3n) is 3.32. The second kappa shape index (κ2) is 6.52. The summed E-state index contributed by atoms with van der Waals surface area (Å²) < 4.78 is 1.72. The molecule has 0 radical (unpaired) electrons. The first kappa shape index (κ1) is 15.7. The van der Waals surface area contributed by atoms with Gasteiger partial charge in [-0.05, 0) is 12.1 Å². The molecule has 2 heterocycles. The van der Waals surface area contributed by atoms with Gasteiger partial charge in [0.1, 0.15) is 10.7 Å². The maximum absolute atomic E-state index is 12.5. The smallest absolute Gasteiger partial charge is 0.273 e. The van der Waals surface area contributed by atoms with Crippen molar-refractivity contribution in [3.63, 3.8) is 0 Å². The molecule has 3 rings (SSSR count). The fourth-order valence-corrected chi connectivity index (χ4v) is 3.20. The fourth-order valence-electron chi connectivity index (χ4n) is 2.22. The van der Waals surface area contributed by atoms with E-state index < -0.39 is 0 Å². The number of nitrogens with zero attached hydrogens (tertiary/aromatic N) is 4. The topological polar surface area (TPSA) is 51.0 Å². The van der Waals surface area contributed by atoms with Crippen LogP contribution in [0.5, 0.6) is 0 Å². The summed E-state index contributed by atoms with van der Waals surface area (Å²) in [7, 11) is 3.61. The summed E-state index contributed by atoms with van der Waals surface area (Å²) in [6.07, 6.45) is 3.64. The van der Waals surface area contributed by atoms with Crippen LogP contribution in [0, 0.1) is 0 Å². The lowest BCUT2D eigenvalue weighted by atomic mass is 10.2. The number of halogens is 1. The van der Waals surface area contributed by atoms with Gasteiger partial charge in [-0.1, -0.05) is 23.7 Å². The average Bonchev–Trinajstić information content (AvgIpc) is 3.16. The van der Waals surface area contributed by atoms with Gasteiger partial charge in [0.15, 0.2) is 0 Å². The number of carbonyl (C=O) groups excluding carboxylic acids is 1. The average molecular weight is 347 g/mol. The number of aryl methyl sites for hydroxylation is 1. The van der Waals surface area contributed by atoms with E-state index in [1.54, 1.807) is 28.2 Å². The molecular weight excluding hydrogens is 332 g/mol. The molecule has 23 heavy (non-hydrogen) atoms. The molecule has 118 valence electrons. The normalized spacial score (nSPS) is 10.7. The van der Waals surface area contributed by atoms with Crippen LogP contribution in [0.1, 0.15) is 16.1 Å². The van der Waals surface area contributed by atoms with E-state index in [9.17, 15) is 4.79 Å². The van der Waals surface area contributed by atoms with Gasteiger partial charge in [0.2, 0.25) is 0 Å². The Balaban J connectivity index is 1.75. The van der Waals surface area contributed by atoms with Crippen molar-refractivity contribution in [1.82, 2.24) is 19.7 Å². The number of carbonyl (C=O) groups is 1. The molecule has 0 atom stereocenters. The molecule has 0 N–H and O–H groups in total. The summed E-state index contributed by atoms with van der Waals surface area (Å²) in [5.74, 6) is -0.113. The van der Waals surface area contributed by atoms with Crippen molar-refractivity contribution < 1.29 is 4.79 Å². The number of hydrogen-bond acceptors (Lipinski definition) is 4. The molecular formula is C16H15ClN4OS. The first-order valence-electron chi connectivity index (χ1n) is 6.97. The Morgan fingerprint density at radius 2 is 2.26 bits per heavy atom. The van der Waals surface area contributed by atoms with Gasteiger partial charge in [0.05, 0.1) is 6.20 Å². The van der Waals surface area contributed by atoms with E-state index in [1.807, 2.05) is 37.5 Å². The summed E-state index contributed by atoms with van der Waals surface area (Å²) in [5.41, 5.74) is 2.33. The molecule has 0 bridgehead atoms. The highest BCUT2D eigenvalue weighted by atomic mass is 35.5. The zero-order valence-corrected chi connectivity index (χ0v) is 14.3. The molecule has 7 heteroatoms. The second-order valence-corrected chi connectivity index (χ2v) is 6.53. The van der Waals surface area contributed by atoms with Crippen molar-refractivity contribution in [3.05, 3.63) is 58.3 Å². The van der Waals surface area contributed by atoms with Gasteiger partial charge >= 0.3 is 0 Å². The van der Waals surface area contributed by atoms with Crippen LogP contribution in [0.2, 0.25) is 5.02 Å². The highest BCUT2D eigenvalue weighted by Crippen LogP contribution is 2.26. The van der Waals surface area contributed by atoms with E-state index in [-0.39, 0.29) is 5.91 Å². The first-order chi connectivity index (χ1) is 11.0. The lowest BCUT2D eigenvalue weighted by molar-refractivity contribution is 0.0780. The maximum Gasteiger partial charge on any atom is 0.273 e. The van der Waals surface area contributed by atoms with E-state index >= 15 is 0 Å². The molecule has 1 amide bonds. The first-order valence-corrected chi connectivity index (χ1v) is 8.23. The third-order valence-corrected chi connectivity index (χ3v) is 4.45. The molecule has 0 saturated carbocycles. The number of hydrogen-bond donors (Lipinski definition) is 0. The lowest BCUT2D eigenvalue weighted by Crippen LogP contribution is -2.26. The predicted octanol–water partition coefficient (Wildman–Crippen LogP) is 3.47. The van der Waals surface area contributed by atoms with Gasteiger partial charge in [0, 0.05) is 48.4 Å². The minimum atomic E-state index is -0.113. The van der Waals surface area contributed by atoms with Crippen molar-refractivity contribution in [3.8, 4) is 10.6 Å². The Morgan fingerprint density at radius 3 is 2.96 bits per heavy atom. The van der Waals surface area contributed by atoms with Crippen molar-refractivity contribution in [2.24, 2.45) is 7.05 Å². The standard InChI is InChI=1S/C16H15ClN4OS/c1-20(8-11-7-18-21(2)9-11)16(22)14-10-23-15(19-14)12-4-3-5-13(17)6-12/h3-7,9-10H,8H2,1-2H3. The number of benzene rings is 1.